The molecule has 1 unspecified atom stereocenters. The quantitative estimate of drug-likeness (QED) is 0.244. The van der Waals surface area contributed by atoms with Gasteiger partial charge in [-0.25, -0.2) is 9.59 Å². The molecule has 0 amide bonds. The van der Waals surface area contributed by atoms with Crippen molar-refractivity contribution in [3.8, 4) is 11.1 Å². The molecule has 5 nitrogen and oxygen atoms in total. The van der Waals surface area contributed by atoms with Crippen LogP contribution in [0.15, 0.2) is 114 Å². The Balaban J connectivity index is 1.74. The van der Waals surface area contributed by atoms with Crippen molar-refractivity contribution in [3.05, 3.63) is 142 Å². The fraction of sp³-hybridized carbons (Fsp3) is 0.263. The van der Waals surface area contributed by atoms with Crippen molar-refractivity contribution >= 4 is 11.9 Å². The second-order valence-corrected chi connectivity index (χ2v) is 12.1. The molecule has 43 heavy (non-hydrogen) atoms. The van der Waals surface area contributed by atoms with Crippen LogP contribution in [0.5, 0.6) is 0 Å². The Labute approximate surface area is 252 Å². The summed E-state index contributed by atoms with van der Waals surface area (Å²) in [5.41, 5.74) is 5.83. The second kappa shape index (κ2) is 9.98. The molecule has 216 valence electrons. The van der Waals surface area contributed by atoms with E-state index >= 15 is 0 Å². The Morgan fingerprint density at radius 3 is 1.77 bits per heavy atom. The highest BCUT2D eigenvalue weighted by atomic mass is 16.5. The van der Waals surface area contributed by atoms with Crippen LogP contribution >= 0.6 is 0 Å². The monoisotopic (exact) mass is 569 g/mol. The number of benzene rings is 4. The third-order valence-electron chi connectivity index (χ3n) is 9.07. The average molecular weight is 570 g/mol. The summed E-state index contributed by atoms with van der Waals surface area (Å²) in [5, 5.41) is 0. The second-order valence-electron chi connectivity index (χ2n) is 12.1. The van der Waals surface area contributed by atoms with E-state index in [1.54, 1.807) is 0 Å². The van der Waals surface area contributed by atoms with Crippen molar-refractivity contribution in [3.63, 3.8) is 0 Å². The largest absolute Gasteiger partial charge is 0.460 e. The number of hydrogen-bond donors (Lipinski definition) is 0. The molecule has 0 bridgehead atoms. The van der Waals surface area contributed by atoms with Crippen LogP contribution in [-0.2, 0) is 36.4 Å². The lowest BCUT2D eigenvalue weighted by atomic mass is 9.54. The van der Waals surface area contributed by atoms with Crippen LogP contribution in [0.4, 0.5) is 0 Å². The molecule has 0 radical (unpaired) electrons. The van der Waals surface area contributed by atoms with Crippen LogP contribution in [-0.4, -0.2) is 35.6 Å². The first-order valence-electron chi connectivity index (χ1n) is 15.1. The standard InChI is InChI=1S/C38H35NO4/c1-24(2)42-35(40)33-34(36(41)43-25(3)4)39-23-22-26-14-8-11-19-30(26)38(39,27-15-6-5-7-16-27)37(33)31-20-12-9-17-28(31)29-18-10-13-21-32(29)37/h5-21,24-25H,22-23H2,1-4H3. The van der Waals surface area contributed by atoms with Crippen molar-refractivity contribution in [1.29, 1.82) is 0 Å². The van der Waals surface area contributed by atoms with Crippen LogP contribution < -0.4 is 0 Å². The van der Waals surface area contributed by atoms with Gasteiger partial charge < -0.3 is 14.4 Å². The molecule has 2 heterocycles. The van der Waals surface area contributed by atoms with Gasteiger partial charge in [-0.15, -0.1) is 0 Å². The molecule has 0 fully saturated rings. The van der Waals surface area contributed by atoms with E-state index in [0.717, 1.165) is 39.8 Å². The minimum absolute atomic E-state index is 0.282. The van der Waals surface area contributed by atoms with Gasteiger partial charge in [0, 0.05) is 6.54 Å². The number of carbonyl (C=O) groups is 2. The first-order chi connectivity index (χ1) is 20.8. The van der Waals surface area contributed by atoms with Gasteiger partial charge in [0.05, 0.1) is 23.2 Å². The molecule has 0 aromatic heterocycles. The van der Waals surface area contributed by atoms with Gasteiger partial charge >= 0.3 is 11.9 Å². The summed E-state index contributed by atoms with van der Waals surface area (Å²) in [7, 11) is 0. The fourth-order valence-corrected chi connectivity index (χ4v) is 7.92. The predicted octanol–water partition coefficient (Wildman–Crippen LogP) is 6.93. The summed E-state index contributed by atoms with van der Waals surface area (Å²) in [5.74, 6) is -1.01. The maximum atomic E-state index is 14.8. The van der Waals surface area contributed by atoms with Crippen LogP contribution in [0.2, 0.25) is 0 Å². The summed E-state index contributed by atoms with van der Waals surface area (Å²) in [4.78, 5) is 31.4. The van der Waals surface area contributed by atoms with Crippen LogP contribution in [0, 0.1) is 0 Å². The van der Waals surface area contributed by atoms with Crippen molar-refractivity contribution in [2.45, 2.75) is 57.3 Å². The molecule has 7 rings (SSSR count). The molecule has 1 atom stereocenters. The average Bonchev–Trinajstić information content (AvgIpc) is 3.46. The molecular formula is C38H35NO4. The van der Waals surface area contributed by atoms with E-state index in [0.29, 0.717) is 12.1 Å². The number of nitrogens with zero attached hydrogens (tertiary/aromatic N) is 1. The summed E-state index contributed by atoms with van der Waals surface area (Å²) < 4.78 is 12.0. The zero-order chi connectivity index (χ0) is 29.9. The van der Waals surface area contributed by atoms with Gasteiger partial charge in [0.15, 0.2) is 0 Å². The van der Waals surface area contributed by atoms with Gasteiger partial charge in [-0.3, -0.25) is 0 Å². The van der Waals surface area contributed by atoms with Gasteiger partial charge in [-0.1, -0.05) is 103 Å². The highest BCUT2D eigenvalue weighted by molar-refractivity contribution is 6.08. The third kappa shape index (κ3) is 3.57. The number of fused-ring (bicyclic) bond motifs is 9. The van der Waals surface area contributed by atoms with Gasteiger partial charge in [0.1, 0.15) is 11.2 Å². The van der Waals surface area contributed by atoms with Crippen LogP contribution in [0.3, 0.4) is 0 Å². The summed E-state index contributed by atoms with van der Waals surface area (Å²) >= 11 is 0. The number of ether oxygens (including phenoxy) is 2. The van der Waals surface area contributed by atoms with E-state index in [2.05, 4.69) is 65.6 Å². The molecule has 2 aliphatic heterocycles. The van der Waals surface area contributed by atoms with Crippen molar-refractivity contribution in [2.75, 3.05) is 6.54 Å². The number of hydrogen-bond acceptors (Lipinski definition) is 5. The Morgan fingerprint density at radius 2 is 1.16 bits per heavy atom. The molecule has 4 aromatic rings. The Morgan fingerprint density at radius 1 is 0.651 bits per heavy atom. The molecule has 1 spiro atoms. The van der Waals surface area contributed by atoms with Gasteiger partial charge in [0.25, 0.3) is 0 Å². The Hall–Kier alpha value is -4.64. The number of esters is 2. The number of rotatable bonds is 5. The molecule has 0 saturated heterocycles. The first kappa shape index (κ1) is 27.2. The zero-order valence-electron chi connectivity index (χ0n) is 25.0. The Kier molecular flexibility index (Phi) is 6.31. The highest BCUT2D eigenvalue weighted by Gasteiger charge is 2.72. The Bertz CT molecular complexity index is 1740. The van der Waals surface area contributed by atoms with Crippen molar-refractivity contribution in [2.24, 2.45) is 0 Å². The molecule has 1 aliphatic carbocycles. The molecule has 0 saturated carbocycles. The van der Waals surface area contributed by atoms with Crippen molar-refractivity contribution in [1.82, 2.24) is 4.90 Å². The molecule has 0 N–H and O–H groups in total. The molecule has 3 aliphatic rings. The number of carbonyl (C=O) groups excluding carboxylic acids is 2. The minimum atomic E-state index is -1.12. The van der Waals surface area contributed by atoms with Gasteiger partial charge in [-0.2, -0.15) is 0 Å². The lowest BCUT2D eigenvalue weighted by Crippen LogP contribution is -2.59. The van der Waals surface area contributed by atoms with Crippen molar-refractivity contribution < 1.29 is 19.1 Å². The van der Waals surface area contributed by atoms with E-state index in [1.165, 1.54) is 5.56 Å². The maximum Gasteiger partial charge on any atom is 0.355 e. The normalized spacial score (nSPS) is 19.3. The topological polar surface area (TPSA) is 55.8 Å². The summed E-state index contributed by atoms with van der Waals surface area (Å²) in [6, 6.07) is 35.4. The van der Waals surface area contributed by atoms with Gasteiger partial charge in [0.2, 0.25) is 0 Å². The van der Waals surface area contributed by atoms with E-state index in [1.807, 2.05) is 70.2 Å². The smallest absolute Gasteiger partial charge is 0.355 e. The van der Waals surface area contributed by atoms with Crippen LogP contribution in [0.25, 0.3) is 11.1 Å². The highest BCUT2D eigenvalue weighted by Crippen LogP contribution is 2.70. The molecule has 5 heteroatoms. The van der Waals surface area contributed by atoms with Crippen LogP contribution in [0.1, 0.15) is 55.5 Å². The van der Waals surface area contributed by atoms with E-state index in [9.17, 15) is 9.59 Å². The predicted molar refractivity (Wildman–Crippen MR) is 166 cm³/mol. The summed E-state index contributed by atoms with van der Waals surface area (Å²) in [6.45, 7) is 7.90. The lowest BCUT2D eigenvalue weighted by molar-refractivity contribution is -0.147. The summed E-state index contributed by atoms with van der Waals surface area (Å²) in [6.07, 6.45) is -0.0380. The first-order valence-corrected chi connectivity index (χ1v) is 15.1. The van der Waals surface area contributed by atoms with E-state index in [4.69, 9.17) is 9.47 Å². The lowest BCUT2D eigenvalue weighted by Gasteiger charge is -2.54. The molecule has 4 aromatic carbocycles. The van der Waals surface area contributed by atoms with E-state index < -0.39 is 22.9 Å². The zero-order valence-corrected chi connectivity index (χ0v) is 25.0. The minimum Gasteiger partial charge on any atom is -0.460 e. The van der Waals surface area contributed by atoms with Gasteiger partial charge in [-0.05, 0) is 73.1 Å². The van der Waals surface area contributed by atoms with E-state index in [-0.39, 0.29) is 17.9 Å². The third-order valence-corrected chi connectivity index (χ3v) is 9.07. The maximum absolute atomic E-state index is 14.8. The molecular weight excluding hydrogens is 534 g/mol. The fourth-order valence-electron chi connectivity index (χ4n) is 7.92. The SMILES string of the molecule is CC(C)OC(=O)C1=C(C(=O)OC(C)C)C2(c3ccccc3-c3ccccc32)C2(c3ccccc3)c3ccccc3CCN12.